The minimum Gasteiger partial charge on any atom is -0.480 e. The molecule has 2 unspecified atom stereocenters. The number of carboxylic acids is 1. The molecule has 1 heterocycles. The van der Waals surface area contributed by atoms with Crippen LogP contribution >= 0.6 is 11.6 Å². The van der Waals surface area contributed by atoms with Crippen molar-refractivity contribution in [2.45, 2.75) is 25.8 Å². The number of hydrogen-bond donors (Lipinski definition) is 1. The van der Waals surface area contributed by atoms with E-state index in [9.17, 15) is 14.7 Å². The number of hydrogen-bond acceptors (Lipinski definition) is 2. The fourth-order valence-corrected chi connectivity index (χ4v) is 2.74. The van der Waals surface area contributed by atoms with Crippen molar-refractivity contribution in [3.63, 3.8) is 0 Å². The summed E-state index contributed by atoms with van der Waals surface area (Å²) >= 11 is 5.87. The van der Waals surface area contributed by atoms with Crippen LogP contribution in [0.2, 0.25) is 5.02 Å². The van der Waals surface area contributed by atoms with Gasteiger partial charge in [-0.2, -0.15) is 0 Å². The molecule has 19 heavy (non-hydrogen) atoms. The Hall–Kier alpha value is -1.55. The number of benzene rings is 1. The van der Waals surface area contributed by atoms with Gasteiger partial charge >= 0.3 is 5.97 Å². The summed E-state index contributed by atoms with van der Waals surface area (Å²) in [6.45, 7) is 2.38. The van der Waals surface area contributed by atoms with E-state index in [4.69, 9.17) is 11.6 Å². The Balaban J connectivity index is 2.10. The molecular formula is C14H16ClNO3. The van der Waals surface area contributed by atoms with Gasteiger partial charge in [-0.15, -0.1) is 0 Å². The summed E-state index contributed by atoms with van der Waals surface area (Å²) in [5, 5.41) is 9.78. The highest BCUT2D eigenvalue weighted by atomic mass is 35.5. The molecule has 2 rings (SSSR count). The van der Waals surface area contributed by atoms with Gasteiger partial charge in [0.25, 0.3) is 0 Å². The number of aliphatic carboxylic acids is 1. The van der Waals surface area contributed by atoms with E-state index >= 15 is 0 Å². The fraction of sp³-hybridized carbons (Fsp3) is 0.429. The number of carbonyl (C=O) groups is 2. The highest BCUT2D eigenvalue weighted by Crippen LogP contribution is 2.25. The highest BCUT2D eigenvalue weighted by Gasteiger charge is 2.39. The third-order valence-electron chi connectivity index (χ3n) is 3.52. The maximum absolute atomic E-state index is 12.2. The SMILES string of the molecule is CC1CCN(C(=O)Cc2cccc(Cl)c2)C1C(=O)O. The molecule has 0 radical (unpaired) electrons. The van der Waals surface area contributed by atoms with Crippen LogP contribution in [0.5, 0.6) is 0 Å². The minimum atomic E-state index is -0.926. The van der Waals surface area contributed by atoms with E-state index in [1.54, 1.807) is 18.2 Å². The Morgan fingerprint density at radius 3 is 2.84 bits per heavy atom. The molecule has 1 aromatic rings. The molecular weight excluding hydrogens is 266 g/mol. The third-order valence-corrected chi connectivity index (χ3v) is 3.75. The molecule has 2 atom stereocenters. The van der Waals surface area contributed by atoms with E-state index in [1.807, 2.05) is 13.0 Å². The second-order valence-corrected chi connectivity index (χ2v) is 5.38. The smallest absolute Gasteiger partial charge is 0.326 e. The number of likely N-dealkylation sites (tertiary alicyclic amines) is 1. The zero-order chi connectivity index (χ0) is 14.0. The quantitative estimate of drug-likeness (QED) is 0.924. The molecule has 1 N–H and O–H groups in total. The van der Waals surface area contributed by atoms with Gasteiger partial charge in [0, 0.05) is 11.6 Å². The number of amides is 1. The Morgan fingerprint density at radius 1 is 1.47 bits per heavy atom. The molecule has 0 saturated carbocycles. The van der Waals surface area contributed by atoms with Crippen LogP contribution in [0, 0.1) is 5.92 Å². The maximum atomic E-state index is 12.2. The second kappa shape index (κ2) is 5.61. The summed E-state index contributed by atoms with van der Waals surface area (Å²) in [6, 6.07) is 6.37. The van der Waals surface area contributed by atoms with E-state index < -0.39 is 12.0 Å². The Bertz CT molecular complexity index is 503. The molecule has 0 spiro atoms. The number of nitrogens with zero attached hydrogens (tertiary/aromatic N) is 1. The number of halogens is 1. The van der Waals surface area contributed by atoms with Crippen LogP contribution in [0.1, 0.15) is 18.9 Å². The van der Waals surface area contributed by atoms with Crippen LogP contribution < -0.4 is 0 Å². The topological polar surface area (TPSA) is 57.6 Å². The van der Waals surface area contributed by atoms with Gasteiger partial charge < -0.3 is 10.0 Å². The van der Waals surface area contributed by atoms with Gasteiger partial charge in [0.2, 0.25) is 5.91 Å². The lowest BCUT2D eigenvalue weighted by atomic mass is 10.0. The van der Waals surface area contributed by atoms with Crippen LogP contribution in [0.4, 0.5) is 0 Å². The average molecular weight is 282 g/mol. The van der Waals surface area contributed by atoms with Crippen LogP contribution in [0.3, 0.4) is 0 Å². The van der Waals surface area contributed by atoms with Gasteiger partial charge in [-0.25, -0.2) is 4.79 Å². The molecule has 1 aliphatic heterocycles. The van der Waals surface area contributed by atoms with E-state index in [2.05, 4.69) is 0 Å². The van der Waals surface area contributed by atoms with Crippen molar-refractivity contribution in [1.29, 1.82) is 0 Å². The zero-order valence-electron chi connectivity index (χ0n) is 10.7. The molecule has 1 fully saturated rings. The van der Waals surface area contributed by atoms with Gasteiger partial charge in [0.1, 0.15) is 6.04 Å². The first-order valence-electron chi connectivity index (χ1n) is 6.25. The lowest BCUT2D eigenvalue weighted by Gasteiger charge is -2.23. The van der Waals surface area contributed by atoms with E-state index in [0.717, 1.165) is 12.0 Å². The molecule has 0 bridgehead atoms. The van der Waals surface area contributed by atoms with Gasteiger partial charge in [-0.1, -0.05) is 30.7 Å². The molecule has 1 aliphatic rings. The maximum Gasteiger partial charge on any atom is 0.326 e. The van der Waals surface area contributed by atoms with Crippen molar-refractivity contribution in [3.05, 3.63) is 34.9 Å². The Kier molecular flexibility index (Phi) is 4.10. The summed E-state index contributed by atoms with van der Waals surface area (Å²) in [7, 11) is 0. The van der Waals surface area contributed by atoms with Crippen molar-refractivity contribution in [1.82, 2.24) is 4.90 Å². The predicted molar refractivity (Wildman–Crippen MR) is 72.1 cm³/mol. The minimum absolute atomic E-state index is 0.000751. The largest absolute Gasteiger partial charge is 0.480 e. The summed E-state index contributed by atoms with van der Waals surface area (Å²) in [6.07, 6.45) is 0.926. The summed E-state index contributed by atoms with van der Waals surface area (Å²) in [4.78, 5) is 24.9. The predicted octanol–water partition coefficient (Wildman–Crippen LogP) is 2.20. The van der Waals surface area contributed by atoms with Gasteiger partial charge in [0.05, 0.1) is 6.42 Å². The van der Waals surface area contributed by atoms with E-state index in [0.29, 0.717) is 11.6 Å². The third kappa shape index (κ3) is 3.07. The van der Waals surface area contributed by atoms with Gasteiger partial charge in [-0.05, 0) is 30.0 Å². The average Bonchev–Trinajstić information content (AvgIpc) is 2.71. The van der Waals surface area contributed by atoms with Crippen molar-refractivity contribution in [2.75, 3.05) is 6.54 Å². The molecule has 0 aromatic heterocycles. The highest BCUT2D eigenvalue weighted by molar-refractivity contribution is 6.30. The monoisotopic (exact) mass is 281 g/mol. The number of carboxylic acid groups (broad SMARTS) is 1. The summed E-state index contributed by atoms with van der Waals surface area (Å²) in [5.74, 6) is -1.08. The van der Waals surface area contributed by atoms with Crippen molar-refractivity contribution >= 4 is 23.5 Å². The lowest BCUT2D eigenvalue weighted by Crippen LogP contribution is -2.43. The van der Waals surface area contributed by atoms with Crippen LogP contribution in [-0.4, -0.2) is 34.5 Å². The molecule has 5 heteroatoms. The first-order valence-corrected chi connectivity index (χ1v) is 6.63. The Morgan fingerprint density at radius 2 is 2.21 bits per heavy atom. The summed E-state index contributed by atoms with van der Waals surface area (Å²) in [5.41, 5.74) is 0.807. The lowest BCUT2D eigenvalue weighted by molar-refractivity contribution is -0.149. The molecule has 102 valence electrons. The van der Waals surface area contributed by atoms with E-state index in [1.165, 1.54) is 4.90 Å². The van der Waals surface area contributed by atoms with E-state index in [-0.39, 0.29) is 18.2 Å². The molecule has 1 amide bonds. The van der Waals surface area contributed by atoms with Gasteiger partial charge in [-0.3, -0.25) is 4.79 Å². The van der Waals surface area contributed by atoms with Crippen LogP contribution in [0.25, 0.3) is 0 Å². The zero-order valence-corrected chi connectivity index (χ0v) is 11.4. The van der Waals surface area contributed by atoms with Crippen LogP contribution in [-0.2, 0) is 16.0 Å². The second-order valence-electron chi connectivity index (χ2n) is 4.94. The van der Waals surface area contributed by atoms with Crippen molar-refractivity contribution in [2.24, 2.45) is 5.92 Å². The number of rotatable bonds is 3. The molecule has 0 aliphatic carbocycles. The molecule has 1 aromatic carbocycles. The molecule has 4 nitrogen and oxygen atoms in total. The first-order chi connectivity index (χ1) is 8.99. The summed E-state index contributed by atoms with van der Waals surface area (Å²) < 4.78 is 0. The van der Waals surface area contributed by atoms with Crippen molar-refractivity contribution < 1.29 is 14.7 Å². The fourth-order valence-electron chi connectivity index (χ4n) is 2.53. The standard InChI is InChI=1S/C14H16ClNO3/c1-9-5-6-16(13(9)14(18)19)12(17)8-10-3-2-4-11(15)7-10/h2-4,7,9,13H,5-6,8H2,1H3,(H,18,19). The van der Waals surface area contributed by atoms with Crippen molar-refractivity contribution in [3.8, 4) is 0 Å². The first kappa shape index (κ1) is 13.9. The van der Waals surface area contributed by atoms with Crippen LogP contribution in [0.15, 0.2) is 24.3 Å². The van der Waals surface area contributed by atoms with Gasteiger partial charge in [0.15, 0.2) is 0 Å². The number of carbonyl (C=O) groups excluding carboxylic acids is 1. The molecule has 1 saturated heterocycles. The Labute approximate surface area is 117 Å². The normalized spacial score (nSPS) is 22.5.